The van der Waals surface area contributed by atoms with E-state index in [1.54, 1.807) is 139 Å². The minimum atomic E-state index is -1.79. The van der Waals surface area contributed by atoms with Gasteiger partial charge in [0.05, 0.1) is 13.2 Å². The van der Waals surface area contributed by atoms with Crippen molar-refractivity contribution < 1.29 is 76.3 Å². The van der Waals surface area contributed by atoms with E-state index in [-0.39, 0.29) is 77.3 Å². The number of anilines is 3. The van der Waals surface area contributed by atoms with E-state index in [1.165, 1.54) is 30.3 Å². The third-order valence-corrected chi connectivity index (χ3v) is 15.3. The molecule has 0 saturated carbocycles. The number of benzene rings is 4. The van der Waals surface area contributed by atoms with Crippen molar-refractivity contribution >= 4 is 70.8 Å². The molecule has 4 aromatic rings. The number of hydrogen-bond donors (Lipinski definition) is 0. The SMILES string of the molecule is CCOC1=CC2=C(CC1(C)N(C(=O)OC(C)(C)CC)C(=O)c1ccccc1)Oc1c(N(C(C)=O)C(=O)OC(C)(C)CC)c3c(c(N(C(C)=O)C(=O)OC(C)(C)CC)c1=N2)Oc1cc(N(C(=O)OC(C)(C)CC)C(=O)c2ccccc2)c(OCC)cc1N=3. The fraction of sp³-hybridized carbons (Fsp3) is 0.446. The molecule has 2 aliphatic heterocycles. The van der Waals surface area contributed by atoms with E-state index in [4.69, 9.17) is 47.9 Å². The Hall–Kier alpha value is -9.08. The van der Waals surface area contributed by atoms with Crippen LogP contribution in [0, 0.1) is 0 Å². The molecule has 22 heteroatoms. The molecule has 1 unspecified atom stereocenters. The van der Waals surface area contributed by atoms with Gasteiger partial charge in [-0.25, -0.2) is 48.8 Å². The van der Waals surface area contributed by atoms with Crippen LogP contribution in [0.25, 0.3) is 0 Å². The van der Waals surface area contributed by atoms with Crippen molar-refractivity contribution in [3.63, 3.8) is 0 Å². The molecule has 0 fully saturated rings. The summed E-state index contributed by atoms with van der Waals surface area (Å²) in [6, 6.07) is 18.7. The van der Waals surface area contributed by atoms with Gasteiger partial charge in [-0.2, -0.15) is 0 Å². The van der Waals surface area contributed by atoms with Gasteiger partial charge in [-0.3, -0.25) is 19.2 Å². The van der Waals surface area contributed by atoms with Crippen molar-refractivity contribution in [2.75, 3.05) is 27.9 Å². The second kappa shape index (κ2) is 25.5. The Kier molecular flexibility index (Phi) is 19.2. The van der Waals surface area contributed by atoms with Gasteiger partial charge in [-0.1, -0.05) is 64.1 Å². The molecule has 1 atom stereocenters. The first-order valence-corrected chi connectivity index (χ1v) is 29.1. The highest BCUT2D eigenvalue weighted by molar-refractivity contribution is 6.20. The molecule has 0 N–H and O–H groups in total. The van der Waals surface area contributed by atoms with Crippen LogP contribution >= 0.6 is 0 Å². The van der Waals surface area contributed by atoms with Gasteiger partial charge < -0.3 is 37.9 Å². The molecule has 0 saturated heterocycles. The molecular weight excluding hydrogens is 1120 g/mol. The quantitative estimate of drug-likeness (QED) is 0.0584. The summed E-state index contributed by atoms with van der Waals surface area (Å²) in [6.45, 7) is 27.6. The Bertz CT molecular complexity index is 3610. The molecule has 2 heterocycles. The standard InChI is InChI=1S/C65H78N6O16/c1-18-61(9,10)84-57(76)68(38(7)72)51-50-54(83-47-37-65(17,48(81-23-6)35-43(47)67-50)71(60(79)87-64(15,16)21-4)56(75)41-32-28-25-29-33-41)52(69(39(8)73)58(77)85-62(11,12)19-2)49-53(51)82-45-36-44(46(80-22-5)34-42(45)66-49)70(59(78)86-63(13,14)20-3)55(74)40-30-26-24-27-31-40/h24-36H,18-23,37H2,1-17H3. The Morgan fingerprint density at radius 3 is 1.41 bits per heavy atom. The van der Waals surface area contributed by atoms with Gasteiger partial charge in [0.1, 0.15) is 84.4 Å². The van der Waals surface area contributed by atoms with Gasteiger partial charge in [-0.05, 0) is 126 Å². The third kappa shape index (κ3) is 13.6. The molecule has 4 aromatic carbocycles. The number of rotatable bonds is 18. The summed E-state index contributed by atoms with van der Waals surface area (Å²) in [5.41, 5.74) is -7.28. The van der Waals surface area contributed by atoms with Crippen molar-refractivity contribution in [1.29, 1.82) is 0 Å². The number of fused-ring (bicyclic) bond motifs is 3. The molecule has 0 spiro atoms. The van der Waals surface area contributed by atoms with Crippen LogP contribution in [0.1, 0.15) is 171 Å². The number of nitrogens with zero attached hydrogens (tertiary/aromatic N) is 6. The van der Waals surface area contributed by atoms with Crippen molar-refractivity contribution in [3.05, 3.63) is 118 Å². The summed E-state index contributed by atoms with van der Waals surface area (Å²) in [5, 5.41) is -0.802. The predicted molar refractivity (Wildman–Crippen MR) is 322 cm³/mol. The molecule has 0 radical (unpaired) electrons. The molecule has 0 aromatic heterocycles. The second-order valence-electron chi connectivity index (χ2n) is 23.5. The number of allylic oxidation sites excluding steroid dienone is 1. The topological polar surface area (TPSA) is 248 Å². The molecule has 3 aliphatic rings. The van der Waals surface area contributed by atoms with Gasteiger partial charge in [0.15, 0.2) is 17.2 Å². The molecule has 8 amide bonds. The van der Waals surface area contributed by atoms with Crippen LogP contribution in [0.5, 0.6) is 23.0 Å². The summed E-state index contributed by atoms with van der Waals surface area (Å²) >= 11 is 0. The van der Waals surface area contributed by atoms with E-state index < -0.39 is 116 Å². The maximum atomic E-state index is 15.0. The minimum Gasteiger partial charge on any atom is -0.496 e. The number of imide groups is 4. The molecule has 7 rings (SSSR count). The molecule has 87 heavy (non-hydrogen) atoms. The van der Waals surface area contributed by atoms with E-state index in [2.05, 4.69) is 0 Å². The van der Waals surface area contributed by atoms with Crippen molar-refractivity contribution in [3.8, 4) is 23.0 Å². The average Bonchev–Trinajstić information content (AvgIpc) is 0.760. The van der Waals surface area contributed by atoms with Gasteiger partial charge >= 0.3 is 24.4 Å². The largest absolute Gasteiger partial charge is 0.496 e. The van der Waals surface area contributed by atoms with E-state index in [0.29, 0.717) is 22.6 Å². The lowest BCUT2D eigenvalue weighted by atomic mass is 9.86. The maximum absolute atomic E-state index is 15.0. The van der Waals surface area contributed by atoms with Crippen LogP contribution in [0.2, 0.25) is 0 Å². The fourth-order valence-corrected chi connectivity index (χ4v) is 9.06. The summed E-state index contributed by atoms with van der Waals surface area (Å²) in [5.74, 6) is -4.72. The lowest BCUT2D eigenvalue weighted by Gasteiger charge is -2.44. The number of amides is 8. The van der Waals surface area contributed by atoms with Gasteiger partial charge in [0.2, 0.25) is 11.8 Å². The summed E-state index contributed by atoms with van der Waals surface area (Å²) in [7, 11) is 0. The molecule has 22 nitrogen and oxygen atoms in total. The van der Waals surface area contributed by atoms with Crippen LogP contribution in [0.4, 0.5) is 41.9 Å². The van der Waals surface area contributed by atoms with Gasteiger partial charge in [0, 0.05) is 49.6 Å². The predicted octanol–water partition coefficient (Wildman–Crippen LogP) is 13.2. The molecular formula is C65H78N6O16. The summed E-state index contributed by atoms with van der Waals surface area (Å²) < 4.78 is 50.5. The van der Waals surface area contributed by atoms with Gasteiger partial charge in [-0.15, -0.1) is 0 Å². The van der Waals surface area contributed by atoms with Crippen LogP contribution in [0.15, 0.2) is 106 Å². The normalized spacial score (nSPS) is 15.1. The highest BCUT2D eigenvalue weighted by Gasteiger charge is 2.52. The Balaban J connectivity index is 1.64. The first kappa shape index (κ1) is 65.5. The van der Waals surface area contributed by atoms with Crippen LogP contribution in [-0.4, -0.2) is 94.1 Å². The van der Waals surface area contributed by atoms with Crippen LogP contribution in [-0.2, 0) is 33.3 Å². The second-order valence-corrected chi connectivity index (χ2v) is 23.5. The number of carbonyl (C=O) groups is 8. The monoisotopic (exact) mass is 1200 g/mol. The Morgan fingerprint density at radius 2 is 0.966 bits per heavy atom. The van der Waals surface area contributed by atoms with E-state index in [0.717, 1.165) is 23.6 Å². The van der Waals surface area contributed by atoms with Crippen LogP contribution in [0.3, 0.4) is 0 Å². The maximum Gasteiger partial charge on any atom is 0.422 e. The summed E-state index contributed by atoms with van der Waals surface area (Å²) in [4.78, 5) is 131. The number of hydrogen-bond acceptors (Lipinski definition) is 18. The Morgan fingerprint density at radius 1 is 0.540 bits per heavy atom. The zero-order chi connectivity index (χ0) is 64.3. The van der Waals surface area contributed by atoms with E-state index in [9.17, 15) is 38.4 Å². The molecule has 0 bridgehead atoms. The average molecular weight is 1200 g/mol. The highest BCUT2D eigenvalue weighted by Crippen LogP contribution is 2.50. The molecule has 464 valence electrons. The fourth-order valence-electron chi connectivity index (χ4n) is 9.06. The highest BCUT2D eigenvalue weighted by atomic mass is 16.6. The number of ether oxygens (including phenoxy) is 8. The van der Waals surface area contributed by atoms with Crippen molar-refractivity contribution in [2.24, 2.45) is 9.98 Å². The third-order valence-electron chi connectivity index (χ3n) is 15.3. The zero-order valence-electron chi connectivity index (χ0n) is 52.7. The van der Waals surface area contributed by atoms with Gasteiger partial charge in [0.25, 0.3) is 11.8 Å². The first-order chi connectivity index (χ1) is 40.8. The molecule has 1 aliphatic carbocycles. The van der Waals surface area contributed by atoms with Crippen molar-refractivity contribution in [2.45, 2.75) is 178 Å². The smallest absolute Gasteiger partial charge is 0.422 e. The Labute approximate surface area is 506 Å². The number of carbonyl (C=O) groups excluding carboxylic acids is 8. The van der Waals surface area contributed by atoms with Crippen LogP contribution < -0.4 is 39.6 Å². The zero-order valence-corrected chi connectivity index (χ0v) is 52.7. The summed E-state index contributed by atoms with van der Waals surface area (Å²) in [6.07, 6.45) is -2.21. The van der Waals surface area contributed by atoms with E-state index in [1.807, 2.05) is 13.8 Å². The lowest BCUT2D eigenvalue weighted by Crippen LogP contribution is -2.57. The van der Waals surface area contributed by atoms with Crippen molar-refractivity contribution in [1.82, 2.24) is 4.90 Å². The minimum absolute atomic E-state index is 0.0103. The first-order valence-electron chi connectivity index (χ1n) is 29.1. The van der Waals surface area contributed by atoms with E-state index >= 15 is 0 Å². The lowest BCUT2D eigenvalue weighted by molar-refractivity contribution is -0.117.